The van der Waals surface area contributed by atoms with Crippen molar-refractivity contribution in [3.63, 3.8) is 0 Å². The van der Waals surface area contributed by atoms with Gasteiger partial charge in [-0.15, -0.1) is 0 Å². The van der Waals surface area contributed by atoms with Gasteiger partial charge in [-0.25, -0.2) is 9.78 Å². The Balaban J connectivity index is 1.45. The number of carbonyl (C=O) groups is 1. The van der Waals surface area contributed by atoms with Gasteiger partial charge in [0.15, 0.2) is 0 Å². The summed E-state index contributed by atoms with van der Waals surface area (Å²) in [5.74, 6) is 0.146. The number of H-pyrrole nitrogens is 2. The maximum Gasteiger partial charge on any atom is 0.335 e. The fourth-order valence-corrected chi connectivity index (χ4v) is 6.42. The van der Waals surface area contributed by atoms with E-state index in [1.807, 2.05) is 48.5 Å². The number of aryl methyl sites for hydroxylation is 1. The number of aromatic nitrogens is 3. The minimum absolute atomic E-state index is 0.191. The Hall–Kier alpha value is -4.43. The van der Waals surface area contributed by atoms with Crippen LogP contribution in [0.2, 0.25) is 0 Å². The summed E-state index contributed by atoms with van der Waals surface area (Å²) in [5.41, 5.74) is 6.73. The highest BCUT2D eigenvalue weighted by Gasteiger charge is 2.35. The molecule has 3 aliphatic heterocycles. The molecule has 196 valence electrons. The van der Waals surface area contributed by atoms with Crippen LogP contribution in [-0.2, 0) is 0 Å². The van der Waals surface area contributed by atoms with Crippen LogP contribution in [0.4, 0.5) is 5.69 Å². The Morgan fingerprint density at radius 3 is 2.46 bits per heavy atom. The van der Waals surface area contributed by atoms with Crippen LogP contribution in [0.3, 0.4) is 0 Å². The molecule has 0 amide bonds. The summed E-state index contributed by atoms with van der Waals surface area (Å²) < 4.78 is 0. The fourth-order valence-electron chi connectivity index (χ4n) is 6.42. The lowest BCUT2D eigenvalue weighted by Gasteiger charge is -2.45. The highest BCUT2D eigenvalue weighted by Crippen LogP contribution is 2.39. The number of nitrogens with zero attached hydrogens (tertiary/aromatic N) is 2. The predicted octanol–water partition coefficient (Wildman–Crippen LogP) is 5.25. The molecule has 0 saturated carbocycles. The van der Waals surface area contributed by atoms with E-state index in [-0.39, 0.29) is 17.2 Å². The molecule has 0 radical (unpaired) electrons. The topological polar surface area (TPSA) is 114 Å². The Labute approximate surface area is 224 Å². The number of aromatic carboxylic acids is 1. The highest BCUT2D eigenvalue weighted by molar-refractivity contribution is 6.04. The molecule has 5 heterocycles. The van der Waals surface area contributed by atoms with Crippen molar-refractivity contribution in [3.8, 4) is 22.5 Å². The van der Waals surface area contributed by atoms with E-state index in [1.165, 1.54) is 0 Å². The molecular formula is C31H29N5O3. The third kappa shape index (κ3) is 3.99. The van der Waals surface area contributed by atoms with Gasteiger partial charge in [-0.05, 0) is 85.8 Å². The molecule has 8 nitrogen and oxygen atoms in total. The number of hydrogen-bond acceptors (Lipinski definition) is 5. The van der Waals surface area contributed by atoms with Gasteiger partial charge in [-0.1, -0.05) is 30.3 Å². The number of anilines is 1. The van der Waals surface area contributed by atoms with Crippen molar-refractivity contribution in [2.45, 2.75) is 25.8 Å². The molecule has 8 heteroatoms. The Morgan fingerprint density at radius 1 is 1.00 bits per heavy atom. The summed E-state index contributed by atoms with van der Waals surface area (Å²) in [5, 5.41) is 14.1. The maximum atomic E-state index is 13.7. The molecule has 0 aliphatic carbocycles. The monoisotopic (exact) mass is 519 g/mol. The zero-order chi connectivity index (χ0) is 26.7. The summed E-state index contributed by atoms with van der Waals surface area (Å²) in [6.45, 7) is 5.27. The third-order valence-electron chi connectivity index (χ3n) is 8.50. The van der Waals surface area contributed by atoms with E-state index in [0.29, 0.717) is 17.3 Å². The van der Waals surface area contributed by atoms with Gasteiger partial charge in [0, 0.05) is 18.0 Å². The Kier molecular flexibility index (Phi) is 5.52. The quantitative estimate of drug-likeness (QED) is 0.252. The number of hydrogen-bond donors (Lipinski definition) is 4. The summed E-state index contributed by atoms with van der Waals surface area (Å²) in [4.78, 5) is 38.9. The standard InChI is InChI=1S/C31H29N5O3/c1-17-21(18-6-8-20(9-7-18)31(38)39)10-11-24-26(17)28(32-25-16-36-14-12-19(25)13-15-36)27(30(37)35-24)29-33-22-4-2-3-5-23(22)34-29/h2-11,19,25H,12-16H2,1H3,(H,33,34)(H,38,39)(H2,32,35,37)/t25-/m0/s1. The molecule has 0 unspecified atom stereocenters. The smallest absolute Gasteiger partial charge is 0.335 e. The van der Waals surface area contributed by atoms with E-state index in [2.05, 4.69) is 27.1 Å². The molecule has 4 N–H and O–H groups in total. The first kappa shape index (κ1) is 23.7. The number of piperidine rings is 3. The van der Waals surface area contributed by atoms with Crippen LogP contribution >= 0.6 is 0 Å². The lowest BCUT2D eigenvalue weighted by atomic mass is 9.83. The third-order valence-corrected chi connectivity index (χ3v) is 8.50. The van der Waals surface area contributed by atoms with Gasteiger partial charge in [-0.3, -0.25) is 4.79 Å². The number of para-hydroxylation sites is 2. The SMILES string of the molecule is Cc1c(-c2ccc(C(=O)O)cc2)ccc2[nH]c(=O)c(-c3nc4ccccc4[nH]3)c(N[C@H]3CN4CCC3CC4)c12. The van der Waals surface area contributed by atoms with E-state index in [1.54, 1.807) is 12.1 Å². The van der Waals surface area contributed by atoms with Crippen LogP contribution in [0.25, 0.3) is 44.5 Å². The van der Waals surface area contributed by atoms with Gasteiger partial charge in [0.1, 0.15) is 11.4 Å². The first-order valence-electron chi connectivity index (χ1n) is 13.4. The van der Waals surface area contributed by atoms with Crippen molar-refractivity contribution in [1.29, 1.82) is 0 Å². The Morgan fingerprint density at radius 2 is 1.77 bits per heavy atom. The van der Waals surface area contributed by atoms with Gasteiger partial charge in [0.25, 0.3) is 5.56 Å². The molecule has 3 saturated heterocycles. The van der Waals surface area contributed by atoms with Crippen molar-refractivity contribution in [2.24, 2.45) is 5.92 Å². The zero-order valence-electron chi connectivity index (χ0n) is 21.6. The number of pyridine rings is 1. The van der Waals surface area contributed by atoms with Crippen molar-refractivity contribution in [1.82, 2.24) is 19.9 Å². The number of fused-ring (bicyclic) bond motifs is 5. The molecule has 5 aromatic rings. The number of carboxylic acid groups (broad SMARTS) is 1. The van der Waals surface area contributed by atoms with Crippen molar-refractivity contribution >= 4 is 33.6 Å². The molecule has 0 spiro atoms. The fraction of sp³-hybridized carbons (Fsp3) is 0.258. The summed E-state index contributed by atoms with van der Waals surface area (Å²) in [7, 11) is 0. The lowest BCUT2D eigenvalue weighted by molar-refractivity contribution is 0.0697. The minimum atomic E-state index is -0.950. The number of aromatic amines is 2. The number of carboxylic acids is 1. The molecule has 8 rings (SSSR count). The molecule has 39 heavy (non-hydrogen) atoms. The average Bonchev–Trinajstić information content (AvgIpc) is 3.37. The van der Waals surface area contributed by atoms with E-state index in [4.69, 9.17) is 4.98 Å². The molecular weight excluding hydrogens is 490 g/mol. The van der Waals surface area contributed by atoms with E-state index < -0.39 is 5.97 Å². The second-order valence-corrected chi connectivity index (χ2v) is 10.7. The summed E-state index contributed by atoms with van der Waals surface area (Å²) in [6.07, 6.45) is 2.30. The number of nitrogens with one attached hydrogen (secondary N) is 3. The molecule has 3 aromatic carbocycles. The van der Waals surface area contributed by atoms with Crippen LogP contribution in [0.1, 0.15) is 28.8 Å². The van der Waals surface area contributed by atoms with Crippen LogP contribution in [0.15, 0.2) is 65.5 Å². The lowest BCUT2D eigenvalue weighted by Crippen LogP contribution is -2.53. The molecule has 2 bridgehead atoms. The van der Waals surface area contributed by atoms with Crippen LogP contribution < -0.4 is 10.9 Å². The van der Waals surface area contributed by atoms with Crippen LogP contribution in [-0.4, -0.2) is 56.6 Å². The zero-order valence-corrected chi connectivity index (χ0v) is 21.6. The summed E-state index contributed by atoms with van der Waals surface area (Å²) >= 11 is 0. The van der Waals surface area contributed by atoms with Crippen molar-refractivity contribution in [3.05, 3.63) is 82.1 Å². The normalized spacial score (nSPS) is 20.5. The summed E-state index contributed by atoms with van der Waals surface area (Å²) in [6, 6.07) is 18.9. The van der Waals surface area contributed by atoms with Gasteiger partial charge in [-0.2, -0.15) is 0 Å². The van der Waals surface area contributed by atoms with E-state index in [0.717, 1.165) is 76.8 Å². The first-order chi connectivity index (χ1) is 19.0. The van der Waals surface area contributed by atoms with Crippen LogP contribution in [0.5, 0.6) is 0 Å². The van der Waals surface area contributed by atoms with E-state index >= 15 is 0 Å². The number of benzene rings is 3. The largest absolute Gasteiger partial charge is 0.478 e. The molecule has 3 aliphatic rings. The average molecular weight is 520 g/mol. The van der Waals surface area contributed by atoms with Gasteiger partial charge >= 0.3 is 5.97 Å². The number of rotatable bonds is 5. The van der Waals surface area contributed by atoms with Gasteiger partial charge in [0.05, 0.1) is 27.8 Å². The predicted molar refractivity (Wildman–Crippen MR) is 153 cm³/mol. The van der Waals surface area contributed by atoms with Crippen molar-refractivity contribution < 1.29 is 9.90 Å². The molecule has 1 atom stereocenters. The second-order valence-electron chi connectivity index (χ2n) is 10.7. The molecule has 3 fully saturated rings. The van der Waals surface area contributed by atoms with E-state index in [9.17, 15) is 14.7 Å². The first-order valence-corrected chi connectivity index (χ1v) is 13.4. The van der Waals surface area contributed by atoms with Crippen molar-refractivity contribution in [2.75, 3.05) is 25.0 Å². The van der Waals surface area contributed by atoms with Gasteiger partial charge < -0.3 is 25.3 Å². The minimum Gasteiger partial charge on any atom is -0.478 e. The van der Waals surface area contributed by atoms with Crippen LogP contribution in [0, 0.1) is 12.8 Å². The second kappa shape index (κ2) is 9.10. The number of imidazole rings is 1. The molecule has 2 aromatic heterocycles. The highest BCUT2D eigenvalue weighted by atomic mass is 16.4. The maximum absolute atomic E-state index is 13.7. The Bertz CT molecular complexity index is 1760. The van der Waals surface area contributed by atoms with Gasteiger partial charge in [0.2, 0.25) is 0 Å².